The average molecular weight is 319 g/mol. The predicted molar refractivity (Wildman–Crippen MR) is 68.3 cm³/mol. The zero-order valence-corrected chi connectivity index (χ0v) is 11.3. The fraction of sp³-hybridized carbons (Fsp3) is 0.250. The molecule has 0 saturated heterocycles. The molecular formula is C12H10BrF3N2. The van der Waals surface area contributed by atoms with Crippen LogP contribution in [0.3, 0.4) is 0 Å². The van der Waals surface area contributed by atoms with Gasteiger partial charge in [0.15, 0.2) is 0 Å². The first-order valence-corrected chi connectivity index (χ1v) is 5.95. The second-order valence-corrected chi connectivity index (χ2v) is 4.88. The predicted octanol–water partition coefficient (Wildman–Crippen LogP) is 4.22. The Kier molecular flexibility index (Phi) is 3.01. The van der Waals surface area contributed by atoms with Gasteiger partial charge in [-0.3, -0.25) is 0 Å². The van der Waals surface area contributed by atoms with Gasteiger partial charge >= 0.3 is 6.18 Å². The highest BCUT2D eigenvalue weighted by molar-refractivity contribution is 9.10. The summed E-state index contributed by atoms with van der Waals surface area (Å²) in [7, 11) is 0. The van der Waals surface area contributed by atoms with Crippen molar-refractivity contribution in [3.05, 3.63) is 33.4 Å². The summed E-state index contributed by atoms with van der Waals surface area (Å²) < 4.78 is 39.1. The molecule has 0 unspecified atom stereocenters. The maximum atomic E-state index is 12.9. The van der Waals surface area contributed by atoms with E-state index >= 15 is 0 Å². The van der Waals surface area contributed by atoms with Crippen LogP contribution in [0.15, 0.2) is 16.6 Å². The van der Waals surface area contributed by atoms with Crippen molar-refractivity contribution in [1.29, 1.82) is 0 Å². The second kappa shape index (κ2) is 4.12. The van der Waals surface area contributed by atoms with Gasteiger partial charge in [-0.15, -0.1) is 0 Å². The van der Waals surface area contributed by atoms with E-state index in [4.69, 9.17) is 5.73 Å². The fourth-order valence-corrected chi connectivity index (χ4v) is 2.23. The van der Waals surface area contributed by atoms with Crippen molar-refractivity contribution in [2.75, 3.05) is 5.73 Å². The number of pyridine rings is 1. The number of aryl methyl sites for hydroxylation is 1. The molecule has 96 valence electrons. The van der Waals surface area contributed by atoms with E-state index in [1.54, 1.807) is 19.1 Å². The van der Waals surface area contributed by atoms with Crippen LogP contribution in [0.5, 0.6) is 0 Å². The lowest BCUT2D eigenvalue weighted by atomic mass is 10.1. The molecule has 2 aromatic rings. The van der Waals surface area contributed by atoms with Crippen LogP contribution in [0.4, 0.5) is 18.9 Å². The number of hydrogen-bond donors (Lipinski definition) is 1. The van der Waals surface area contributed by atoms with Crippen molar-refractivity contribution in [3.8, 4) is 0 Å². The average Bonchev–Trinajstić information content (AvgIpc) is 2.26. The van der Waals surface area contributed by atoms with Crippen molar-refractivity contribution in [2.45, 2.75) is 20.0 Å². The van der Waals surface area contributed by atoms with Crippen molar-refractivity contribution in [3.63, 3.8) is 0 Å². The fourth-order valence-electron chi connectivity index (χ4n) is 1.79. The van der Waals surface area contributed by atoms with Crippen molar-refractivity contribution < 1.29 is 13.2 Å². The summed E-state index contributed by atoms with van der Waals surface area (Å²) in [6.45, 7) is 3.12. The number of halogens is 4. The SMILES string of the molecule is Cc1ccc2c(N)c(C)c(C(F)(F)F)nc2c1Br. The largest absolute Gasteiger partial charge is 0.433 e. The summed E-state index contributed by atoms with van der Waals surface area (Å²) >= 11 is 3.25. The molecule has 18 heavy (non-hydrogen) atoms. The van der Waals surface area contributed by atoms with Crippen LogP contribution < -0.4 is 5.73 Å². The first-order valence-electron chi connectivity index (χ1n) is 5.15. The first-order chi connectivity index (χ1) is 8.23. The summed E-state index contributed by atoms with van der Waals surface area (Å²) in [4.78, 5) is 3.72. The Hall–Kier alpha value is -1.30. The zero-order valence-electron chi connectivity index (χ0n) is 9.69. The molecule has 0 aliphatic rings. The maximum Gasteiger partial charge on any atom is 0.433 e. The van der Waals surface area contributed by atoms with E-state index in [-0.39, 0.29) is 16.8 Å². The number of rotatable bonds is 0. The van der Waals surface area contributed by atoms with Gasteiger partial charge in [-0.1, -0.05) is 12.1 Å². The molecule has 0 atom stereocenters. The van der Waals surface area contributed by atoms with Gasteiger partial charge in [0, 0.05) is 21.1 Å². The summed E-state index contributed by atoms with van der Waals surface area (Å²) in [5.41, 5.74) is 5.98. The highest BCUT2D eigenvalue weighted by Gasteiger charge is 2.36. The van der Waals surface area contributed by atoms with Gasteiger partial charge in [0.25, 0.3) is 0 Å². The molecule has 0 spiro atoms. The van der Waals surface area contributed by atoms with Gasteiger partial charge in [0.2, 0.25) is 0 Å². The second-order valence-electron chi connectivity index (χ2n) is 4.09. The lowest BCUT2D eigenvalue weighted by Crippen LogP contribution is -2.12. The summed E-state index contributed by atoms with van der Waals surface area (Å²) in [6, 6.07) is 3.47. The molecular weight excluding hydrogens is 309 g/mol. The Balaban J connectivity index is 2.94. The Bertz CT molecular complexity index is 635. The first kappa shape index (κ1) is 13.1. The van der Waals surface area contributed by atoms with Crippen molar-refractivity contribution >= 4 is 32.5 Å². The van der Waals surface area contributed by atoms with Crippen molar-refractivity contribution in [1.82, 2.24) is 4.98 Å². The van der Waals surface area contributed by atoms with Crippen LogP contribution in [0.2, 0.25) is 0 Å². The van der Waals surface area contributed by atoms with E-state index < -0.39 is 11.9 Å². The van der Waals surface area contributed by atoms with E-state index in [9.17, 15) is 13.2 Å². The van der Waals surface area contributed by atoms with E-state index in [2.05, 4.69) is 20.9 Å². The number of hydrogen-bond acceptors (Lipinski definition) is 2. The summed E-state index contributed by atoms with van der Waals surface area (Å²) in [5.74, 6) is 0. The normalized spacial score (nSPS) is 12.1. The van der Waals surface area contributed by atoms with Gasteiger partial charge in [-0.25, -0.2) is 4.98 Å². The standard InChI is InChI=1S/C12H10BrF3N2/c1-5-3-4-7-9(17)6(2)11(12(14,15)16)18-10(7)8(5)13/h3-4H,1-2H3,(H2,17,18). The van der Waals surface area contributed by atoms with Gasteiger partial charge in [0.1, 0.15) is 5.69 Å². The number of anilines is 1. The Morgan fingerprint density at radius 2 is 1.83 bits per heavy atom. The number of benzene rings is 1. The molecule has 1 aromatic heterocycles. The van der Waals surface area contributed by atoms with E-state index in [1.807, 2.05) is 0 Å². The van der Waals surface area contributed by atoms with E-state index in [0.29, 0.717) is 9.86 Å². The lowest BCUT2D eigenvalue weighted by molar-refractivity contribution is -0.141. The van der Waals surface area contributed by atoms with E-state index in [0.717, 1.165) is 5.56 Å². The molecule has 0 aliphatic carbocycles. The summed E-state index contributed by atoms with van der Waals surface area (Å²) in [6.07, 6.45) is -4.50. The van der Waals surface area contributed by atoms with Crippen LogP contribution in [0.25, 0.3) is 10.9 Å². The van der Waals surface area contributed by atoms with Crippen LogP contribution in [0.1, 0.15) is 16.8 Å². The molecule has 0 radical (unpaired) electrons. The third-order valence-electron chi connectivity index (χ3n) is 2.85. The van der Waals surface area contributed by atoms with Gasteiger partial charge in [-0.2, -0.15) is 13.2 Å². The van der Waals surface area contributed by atoms with Crippen LogP contribution in [-0.2, 0) is 6.18 Å². The topological polar surface area (TPSA) is 38.9 Å². The smallest absolute Gasteiger partial charge is 0.398 e. The third kappa shape index (κ3) is 1.94. The number of nitrogens with two attached hydrogens (primary N) is 1. The Morgan fingerprint density at radius 1 is 1.22 bits per heavy atom. The molecule has 2 rings (SSSR count). The molecule has 1 aromatic carbocycles. The molecule has 1 heterocycles. The van der Waals surface area contributed by atoms with Gasteiger partial charge < -0.3 is 5.73 Å². The number of alkyl halides is 3. The molecule has 6 heteroatoms. The molecule has 0 fully saturated rings. The maximum absolute atomic E-state index is 12.9. The molecule has 0 bridgehead atoms. The number of aromatic nitrogens is 1. The number of fused-ring (bicyclic) bond motifs is 1. The van der Waals surface area contributed by atoms with Gasteiger partial charge in [-0.05, 0) is 35.3 Å². The Morgan fingerprint density at radius 3 is 2.39 bits per heavy atom. The molecule has 0 aliphatic heterocycles. The monoisotopic (exact) mass is 318 g/mol. The quantitative estimate of drug-likeness (QED) is 0.790. The highest BCUT2D eigenvalue weighted by Crippen LogP contribution is 2.38. The third-order valence-corrected chi connectivity index (χ3v) is 3.85. The van der Waals surface area contributed by atoms with Crippen molar-refractivity contribution in [2.24, 2.45) is 0 Å². The lowest BCUT2D eigenvalue weighted by Gasteiger charge is -2.15. The molecule has 2 nitrogen and oxygen atoms in total. The molecule has 0 saturated carbocycles. The highest BCUT2D eigenvalue weighted by atomic mass is 79.9. The minimum absolute atomic E-state index is 0.0363. The molecule has 0 amide bonds. The minimum Gasteiger partial charge on any atom is -0.398 e. The molecule has 2 N–H and O–H groups in total. The number of nitrogen functional groups attached to an aromatic ring is 1. The van der Waals surface area contributed by atoms with E-state index in [1.165, 1.54) is 6.92 Å². The summed E-state index contributed by atoms with van der Waals surface area (Å²) in [5, 5.41) is 0.526. The number of nitrogens with zero attached hydrogens (tertiary/aromatic N) is 1. The minimum atomic E-state index is -4.50. The van der Waals surface area contributed by atoms with Crippen LogP contribution in [0, 0.1) is 13.8 Å². The zero-order chi connectivity index (χ0) is 13.7. The van der Waals surface area contributed by atoms with Crippen LogP contribution in [-0.4, -0.2) is 4.98 Å². The Labute approximate surface area is 110 Å². The van der Waals surface area contributed by atoms with Gasteiger partial charge in [0.05, 0.1) is 5.52 Å². The van der Waals surface area contributed by atoms with Crippen LogP contribution >= 0.6 is 15.9 Å².